The Hall–Kier alpha value is -2.88. The van der Waals surface area contributed by atoms with E-state index in [0.717, 1.165) is 11.1 Å². The topological polar surface area (TPSA) is 99.5 Å². The average Bonchev–Trinajstić information content (AvgIpc) is 2.57. The minimum absolute atomic E-state index is 0.211. The second kappa shape index (κ2) is 9.30. The van der Waals surface area contributed by atoms with Crippen LogP contribution in [-0.2, 0) is 14.3 Å². The molecule has 0 aromatic heterocycles. The summed E-state index contributed by atoms with van der Waals surface area (Å²) in [5, 5.41) is 10.9. The van der Waals surface area contributed by atoms with E-state index in [1.165, 1.54) is 11.9 Å². The fourth-order valence-corrected chi connectivity index (χ4v) is 1.78. The van der Waals surface area contributed by atoms with Gasteiger partial charge >= 0.3 is 5.97 Å². The van der Waals surface area contributed by atoms with E-state index in [4.69, 9.17) is 10.00 Å². The largest absolute Gasteiger partial charge is 0.454 e. The Kier molecular flexibility index (Phi) is 7.43. The van der Waals surface area contributed by atoms with Crippen LogP contribution in [0.15, 0.2) is 18.2 Å². The smallest absolute Gasteiger partial charge is 0.325 e. The number of benzene rings is 1. The maximum atomic E-state index is 12.0. The van der Waals surface area contributed by atoms with Crippen LogP contribution in [0.2, 0.25) is 0 Å². The first kappa shape index (κ1) is 19.2. The van der Waals surface area contributed by atoms with Crippen molar-refractivity contribution in [1.82, 2.24) is 10.2 Å². The quantitative estimate of drug-likeness (QED) is 0.750. The first-order valence-corrected chi connectivity index (χ1v) is 7.47. The monoisotopic (exact) mass is 331 g/mol. The molecule has 1 N–H and O–H groups in total. The molecule has 0 unspecified atom stereocenters. The van der Waals surface area contributed by atoms with E-state index in [1.54, 1.807) is 12.1 Å². The molecule has 0 spiro atoms. The van der Waals surface area contributed by atoms with Crippen LogP contribution in [0.1, 0.15) is 27.9 Å². The van der Waals surface area contributed by atoms with Crippen LogP contribution >= 0.6 is 0 Å². The minimum atomic E-state index is -0.700. The number of nitriles is 1. The van der Waals surface area contributed by atoms with E-state index in [1.807, 2.05) is 26.0 Å². The number of ether oxygens (including phenoxy) is 1. The number of hydrogen-bond acceptors (Lipinski definition) is 5. The van der Waals surface area contributed by atoms with Crippen LogP contribution in [-0.4, -0.2) is 49.4 Å². The molecule has 0 aliphatic heterocycles. The summed E-state index contributed by atoms with van der Waals surface area (Å²) in [6.45, 7) is 3.38. The zero-order valence-corrected chi connectivity index (χ0v) is 14.1. The second-order valence-electron chi connectivity index (χ2n) is 5.37. The van der Waals surface area contributed by atoms with E-state index in [0.29, 0.717) is 5.56 Å². The second-order valence-corrected chi connectivity index (χ2v) is 5.37. The van der Waals surface area contributed by atoms with Gasteiger partial charge in [-0.15, -0.1) is 0 Å². The fraction of sp³-hybridized carbons (Fsp3) is 0.412. The number of amides is 2. The van der Waals surface area contributed by atoms with Gasteiger partial charge < -0.3 is 15.0 Å². The maximum Gasteiger partial charge on any atom is 0.325 e. The van der Waals surface area contributed by atoms with Crippen LogP contribution in [0.25, 0.3) is 0 Å². The van der Waals surface area contributed by atoms with E-state index >= 15 is 0 Å². The van der Waals surface area contributed by atoms with Crippen LogP contribution in [0.4, 0.5) is 0 Å². The molecule has 0 heterocycles. The molecule has 0 aliphatic rings. The Balaban J connectivity index is 2.38. The van der Waals surface area contributed by atoms with Gasteiger partial charge in [0.25, 0.3) is 11.8 Å². The van der Waals surface area contributed by atoms with Gasteiger partial charge in [-0.3, -0.25) is 14.4 Å². The number of aryl methyl sites for hydroxylation is 2. The van der Waals surface area contributed by atoms with Crippen molar-refractivity contribution in [3.8, 4) is 6.07 Å². The summed E-state index contributed by atoms with van der Waals surface area (Å²) in [6, 6.07) is 7.17. The SMILES string of the molecule is Cc1ccc(C(=O)NCC(=O)OCC(=O)N(C)CCC#N)cc1C. The number of hydrogen-bond donors (Lipinski definition) is 1. The highest BCUT2D eigenvalue weighted by molar-refractivity contribution is 5.96. The van der Waals surface area contributed by atoms with Crippen LogP contribution in [0.3, 0.4) is 0 Å². The third kappa shape index (κ3) is 6.08. The summed E-state index contributed by atoms with van der Waals surface area (Å²) in [7, 11) is 1.52. The predicted octanol–water partition coefficient (Wildman–Crippen LogP) is 0.949. The summed E-state index contributed by atoms with van der Waals surface area (Å²) in [6.07, 6.45) is 0.211. The number of nitrogens with zero attached hydrogens (tertiary/aromatic N) is 2. The zero-order valence-electron chi connectivity index (χ0n) is 14.1. The lowest BCUT2D eigenvalue weighted by molar-refractivity contribution is -0.150. The van der Waals surface area contributed by atoms with Crippen molar-refractivity contribution in [3.05, 3.63) is 34.9 Å². The zero-order chi connectivity index (χ0) is 18.1. The molecule has 0 fully saturated rings. The molecular formula is C17H21N3O4. The summed E-state index contributed by atoms with van der Waals surface area (Å²) < 4.78 is 4.81. The van der Waals surface area contributed by atoms with Crippen molar-refractivity contribution in [2.45, 2.75) is 20.3 Å². The number of nitrogens with one attached hydrogen (secondary N) is 1. The van der Waals surface area contributed by atoms with E-state index < -0.39 is 18.5 Å². The molecule has 1 aromatic rings. The van der Waals surface area contributed by atoms with E-state index in [-0.39, 0.29) is 25.4 Å². The van der Waals surface area contributed by atoms with Crippen molar-refractivity contribution in [1.29, 1.82) is 5.26 Å². The lowest BCUT2D eigenvalue weighted by Crippen LogP contribution is -2.35. The minimum Gasteiger partial charge on any atom is -0.454 e. The van der Waals surface area contributed by atoms with Crippen molar-refractivity contribution < 1.29 is 19.1 Å². The predicted molar refractivity (Wildman–Crippen MR) is 87.1 cm³/mol. The van der Waals surface area contributed by atoms with E-state index in [2.05, 4.69) is 5.32 Å². The molecule has 0 bridgehead atoms. The number of likely N-dealkylation sites (N-methyl/N-ethyl adjacent to an activating group) is 1. The van der Waals surface area contributed by atoms with Gasteiger partial charge in [-0.05, 0) is 37.1 Å². The highest BCUT2D eigenvalue weighted by atomic mass is 16.5. The Bertz CT molecular complexity index is 664. The molecule has 7 heteroatoms. The fourth-order valence-electron chi connectivity index (χ4n) is 1.78. The van der Waals surface area contributed by atoms with Gasteiger partial charge in [0.1, 0.15) is 6.54 Å². The molecule has 1 rings (SSSR count). The number of rotatable bonds is 7. The van der Waals surface area contributed by atoms with Crippen LogP contribution < -0.4 is 5.32 Å². The molecule has 0 radical (unpaired) electrons. The number of carbonyl (C=O) groups is 3. The van der Waals surface area contributed by atoms with Gasteiger partial charge in [-0.1, -0.05) is 6.07 Å². The summed E-state index contributed by atoms with van der Waals surface area (Å²) >= 11 is 0. The summed E-state index contributed by atoms with van der Waals surface area (Å²) in [5.41, 5.74) is 2.51. The van der Waals surface area contributed by atoms with Gasteiger partial charge in [-0.25, -0.2) is 0 Å². The first-order chi connectivity index (χ1) is 11.3. The van der Waals surface area contributed by atoms with Gasteiger partial charge in [0.2, 0.25) is 0 Å². The van der Waals surface area contributed by atoms with Crippen molar-refractivity contribution in [2.75, 3.05) is 26.7 Å². The maximum absolute atomic E-state index is 12.0. The van der Waals surface area contributed by atoms with Crippen LogP contribution in [0.5, 0.6) is 0 Å². The Morgan fingerprint density at radius 2 is 1.96 bits per heavy atom. The molecule has 0 saturated heterocycles. The molecule has 1 aromatic carbocycles. The lowest BCUT2D eigenvalue weighted by atomic mass is 10.1. The highest BCUT2D eigenvalue weighted by Crippen LogP contribution is 2.09. The standard InChI is InChI=1S/C17H21N3O4/c1-12-5-6-14(9-13(12)2)17(23)19-10-16(22)24-11-15(21)20(3)8-4-7-18/h5-6,9H,4,8,10-11H2,1-3H3,(H,19,23). The first-order valence-electron chi connectivity index (χ1n) is 7.47. The average molecular weight is 331 g/mol. The molecule has 24 heavy (non-hydrogen) atoms. The van der Waals surface area contributed by atoms with Gasteiger partial charge in [-0.2, -0.15) is 5.26 Å². The molecule has 0 atom stereocenters. The van der Waals surface area contributed by atoms with Crippen molar-refractivity contribution >= 4 is 17.8 Å². The third-order valence-electron chi connectivity index (χ3n) is 3.50. The van der Waals surface area contributed by atoms with Gasteiger partial charge in [0, 0.05) is 19.2 Å². The lowest BCUT2D eigenvalue weighted by Gasteiger charge is -2.15. The molecule has 0 aliphatic carbocycles. The molecule has 7 nitrogen and oxygen atoms in total. The summed E-state index contributed by atoms with van der Waals surface area (Å²) in [4.78, 5) is 36.5. The summed E-state index contributed by atoms with van der Waals surface area (Å²) in [5.74, 6) is -1.49. The third-order valence-corrected chi connectivity index (χ3v) is 3.50. The molecule has 2 amide bonds. The Morgan fingerprint density at radius 1 is 1.25 bits per heavy atom. The molecule has 0 saturated carbocycles. The van der Waals surface area contributed by atoms with E-state index in [9.17, 15) is 14.4 Å². The highest BCUT2D eigenvalue weighted by Gasteiger charge is 2.13. The molecule has 128 valence electrons. The van der Waals surface area contributed by atoms with Gasteiger partial charge in [0.05, 0.1) is 12.5 Å². The normalized spacial score (nSPS) is 9.75. The molecular weight excluding hydrogens is 310 g/mol. The number of esters is 1. The van der Waals surface area contributed by atoms with Gasteiger partial charge in [0.15, 0.2) is 6.61 Å². The number of carbonyl (C=O) groups excluding carboxylic acids is 3. The Morgan fingerprint density at radius 3 is 2.58 bits per heavy atom. The van der Waals surface area contributed by atoms with Crippen molar-refractivity contribution in [2.24, 2.45) is 0 Å². The van der Waals surface area contributed by atoms with Crippen LogP contribution in [0, 0.1) is 25.2 Å². The Labute approximate surface area is 141 Å². The van der Waals surface area contributed by atoms with Crippen molar-refractivity contribution in [3.63, 3.8) is 0 Å².